The third-order valence-electron chi connectivity index (χ3n) is 6.78. The number of carbonyl (C=O) groups is 1. The summed E-state index contributed by atoms with van der Waals surface area (Å²) in [7, 11) is 0. The van der Waals surface area contributed by atoms with Crippen LogP contribution in [-0.2, 0) is 6.42 Å². The molecular formula is C36H49NO5. The number of ether oxygens (including phenoxy) is 2. The van der Waals surface area contributed by atoms with Crippen LogP contribution in [0.4, 0.5) is 0 Å². The number of aliphatic hydroxyl groups is 1. The summed E-state index contributed by atoms with van der Waals surface area (Å²) in [6.45, 7) is 11.4. The number of hydrogen-bond acceptors (Lipinski definition) is 5. The smallest absolute Gasteiger partial charge is 0.335 e. The number of aryl methyl sites for hydroxylation is 1. The zero-order valence-electron chi connectivity index (χ0n) is 25.9. The molecular weight excluding hydrogens is 526 g/mol. The SMILES string of the molecule is C/C=C/c1ccc(OCC(O)NCC2CCc3cc(-c4ccc(C(=O)O)cc4)ccc3O2)cc1.CCCC.CCCC. The third kappa shape index (κ3) is 12.1. The van der Waals surface area contributed by atoms with E-state index in [0.29, 0.717) is 12.3 Å². The fourth-order valence-corrected chi connectivity index (χ4v) is 3.94. The number of unbranched alkanes of at least 4 members (excludes halogenated alkanes) is 2. The Morgan fingerprint density at radius 1 is 0.952 bits per heavy atom. The molecule has 0 spiro atoms. The van der Waals surface area contributed by atoms with Gasteiger partial charge in [0, 0.05) is 6.54 Å². The molecule has 2 unspecified atom stereocenters. The number of aliphatic hydroxyl groups excluding tert-OH is 1. The summed E-state index contributed by atoms with van der Waals surface area (Å²) in [6, 6.07) is 20.6. The minimum atomic E-state index is -0.930. The highest BCUT2D eigenvalue weighted by Crippen LogP contribution is 2.32. The number of hydrogen-bond donors (Lipinski definition) is 3. The highest BCUT2D eigenvalue weighted by Gasteiger charge is 2.21. The highest BCUT2D eigenvalue weighted by molar-refractivity contribution is 5.88. The Morgan fingerprint density at radius 2 is 1.57 bits per heavy atom. The molecule has 3 aromatic carbocycles. The first kappa shape index (κ1) is 34.6. The van der Waals surface area contributed by atoms with Crippen molar-refractivity contribution in [2.24, 2.45) is 0 Å². The van der Waals surface area contributed by atoms with Gasteiger partial charge in [0.25, 0.3) is 0 Å². The van der Waals surface area contributed by atoms with Gasteiger partial charge in [-0.2, -0.15) is 0 Å². The van der Waals surface area contributed by atoms with Crippen LogP contribution in [0.3, 0.4) is 0 Å². The molecule has 1 heterocycles. The number of rotatable bonds is 11. The number of nitrogens with one attached hydrogen (secondary N) is 1. The summed E-state index contributed by atoms with van der Waals surface area (Å²) in [5, 5.41) is 22.4. The monoisotopic (exact) mass is 575 g/mol. The lowest BCUT2D eigenvalue weighted by atomic mass is 9.96. The molecule has 6 heteroatoms. The second kappa shape index (κ2) is 19.5. The molecule has 2 atom stereocenters. The molecule has 1 aliphatic heterocycles. The van der Waals surface area contributed by atoms with Gasteiger partial charge < -0.3 is 19.7 Å². The molecule has 0 saturated carbocycles. The normalized spacial score (nSPS) is 14.4. The van der Waals surface area contributed by atoms with Gasteiger partial charge in [-0.25, -0.2) is 4.79 Å². The maximum Gasteiger partial charge on any atom is 0.335 e. The van der Waals surface area contributed by atoms with E-state index in [2.05, 4.69) is 39.1 Å². The lowest BCUT2D eigenvalue weighted by Crippen LogP contribution is -2.42. The van der Waals surface area contributed by atoms with Crippen molar-refractivity contribution in [2.45, 2.75) is 85.5 Å². The lowest BCUT2D eigenvalue weighted by molar-refractivity contribution is 0.0628. The molecule has 4 rings (SSSR count). The van der Waals surface area contributed by atoms with Crippen molar-refractivity contribution < 1.29 is 24.5 Å². The van der Waals surface area contributed by atoms with Crippen molar-refractivity contribution in [1.82, 2.24) is 5.32 Å². The first-order chi connectivity index (χ1) is 20.3. The van der Waals surface area contributed by atoms with Gasteiger partial charge in [0.2, 0.25) is 0 Å². The predicted octanol–water partition coefficient (Wildman–Crippen LogP) is 8.38. The molecule has 0 radical (unpaired) electrons. The van der Waals surface area contributed by atoms with Gasteiger partial charge in [0.15, 0.2) is 0 Å². The number of aromatic carboxylic acids is 1. The lowest BCUT2D eigenvalue weighted by Gasteiger charge is -2.27. The van der Waals surface area contributed by atoms with Gasteiger partial charge in [-0.15, -0.1) is 0 Å². The second-order valence-electron chi connectivity index (χ2n) is 10.3. The van der Waals surface area contributed by atoms with Gasteiger partial charge in [0.1, 0.15) is 30.4 Å². The summed E-state index contributed by atoms with van der Waals surface area (Å²) in [5.74, 6) is 0.627. The number of carboxylic acid groups (broad SMARTS) is 1. The van der Waals surface area contributed by atoms with Crippen LogP contribution in [0.15, 0.2) is 72.8 Å². The first-order valence-electron chi connectivity index (χ1n) is 15.2. The summed E-state index contributed by atoms with van der Waals surface area (Å²) >= 11 is 0. The molecule has 3 aromatic rings. The molecule has 0 aliphatic carbocycles. The maximum atomic E-state index is 11.1. The quantitative estimate of drug-likeness (QED) is 0.199. The van der Waals surface area contributed by atoms with Crippen LogP contribution in [-0.4, -0.2) is 41.7 Å². The molecule has 0 fully saturated rings. The molecule has 3 N–H and O–H groups in total. The maximum absolute atomic E-state index is 11.1. The summed E-state index contributed by atoms with van der Waals surface area (Å²) in [4.78, 5) is 11.1. The van der Waals surface area contributed by atoms with Crippen LogP contribution < -0.4 is 14.8 Å². The van der Waals surface area contributed by atoms with Crippen molar-refractivity contribution in [3.05, 3.63) is 89.5 Å². The minimum absolute atomic E-state index is 0.0389. The highest BCUT2D eigenvalue weighted by atomic mass is 16.5. The van der Waals surface area contributed by atoms with E-state index in [1.807, 2.05) is 67.6 Å². The van der Waals surface area contributed by atoms with E-state index in [0.717, 1.165) is 40.8 Å². The van der Waals surface area contributed by atoms with E-state index < -0.39 is 12.2 Å². The largest absolute Gasteiger partial charge is 0.489 e. The second-order valence-corrected chi connectivity index (χ2v) is 10.3. The van der Waals surface area contributed by atoms with Gasteiger partial charge >= 0.3 is 5.97 Å². The Labute approximate surface area is 252 Å². The van der Waals surface area contributed by atoms with Gasteiger partial charge in [-0.05, 0) is 78.4 Å². The first-order valence-corrected chi connectivity index (χ1v) is 15.2. The van der Waals surface area contributed by atoms with E-state index in [4.69, 9.17) is 14.6 Å². The van der Waals surface area contributed by atoms with E-state index >= 15 is 0 Å². The molecule has 0 bridgehead atoms. The summed E-state index contributed by atoms with van der Waals surface area (Å²) in [5.41, 5.74) is 4.50. The molecule has 42 heavy (non-hydrogen) atoms. The molecule has 1 aliphatic rings. The number of fused-ring (bicyclic) bond motifs is 1. The Bertz CT molecular complexity index is 1200. The Hall–Kier alpha value is -3.61. The van der Waals surface area contributed by atoms with Crippen molar-refractivity contribution in [2.75, 3.05) is 13.2 Å². The van der Waals surface area contributed by atoms with Gasteiger partial charge in [-0.1, -0.05) is 95.9 Å². The van der Waals surface area contributed by atoms with Crippen molar-refractivity contribution in [1.29, 1.82) is 0 Å². The van der Waals surface area contributed by atoms with E-state index in [9.17, 15) is 9.90 Å². The molecule has 0 amide bonds. The molecule has 0 aromatic heterocycles. The zero-order valence-corrected chi connectivity index (χ0v) is 25.9. The Balaban J connectivity index is 0.000000686. The van der Waals surface area contributed by atoms with Crippen LogP contribution in [0.1, 0.15) is 88.2 Å². The minimum Gasteiger partial charge on any atom is -0.489 e. The predicted molar refractivity (Wildman–Crippen MR) is 173 cm³/mol. The van der Waals surface area contributed by atoms with Crippen molar-refractivity contribution >= 4 is 12.0 Å². The van der Waals surface area contributed by atoms with Gasteiger partial charge in [0.05, 0.1) is 5.56 Å². The van der Waals surface area contributed by atoms with E-state index in [-0.39, 0.29) is 18.3 Å². The van der Waals surface area contributed by atoms with Crippen LogP contribution in [0.25, 0.3) is 17.2 Å². The number of allylic oxidation sites excluding steroid dienone is 1. The molecule has 228 valence electrons. The Kier molecular flexibility index (Phi) is 16.1. The van der Waals surface area contributed by atoms with Crippen LogP contribution in [0.5, 0.6) is 11.5 Å². The topological polar surface area (TPSA) is 88.0 Å². The van der Waals surface area contributed by atoms with E-state index in [1.54, 1.807) is 12.1 Å². The zero-order chi connectivity index (χ0) is 30.7. The van der Waals surface area contributed by atoms with Crippen molar-refractivity contribution in [3.8, 4) is 22.6 Å². The van der Waals surface area contributed by atoms with Crippen LogP contribution in [0, 0.1) is 0 Å². The third-order valence-corrected chi connectivity index (χ3v) is 6.78. The summed E-state index contributed by atoms with van der Waals surface area (Å²) < 4.78 is 11.8. The van der Waals surface area contributed by atoms with Crippen LogP contribution in [0.2, 0.25) is 0 Å². The van der Waals surface area contributed by atoms with Crippen LogP contribution >= 0.6 is 0 Å². The number of benzene rings is 3. The number of carboxylic acids is 1. The van der Waals surface area contributed by atoms with Crippen molar-refractivity contribution in [3.63, 3.8) is 0 Å². The summed E-state index contributed by atoms with van der Waals surface area (Å²) in [6.07, 6.45) is 10.1. The van der Waals surface area contributed by atoms with E-state index in [1.165, 1.54) is 25.7 Å². The molecule has 0 saturated heterocycles. The fraction of sp³-hybridized carbons (Fsp3) is 0.417. The average molecular weight is 576 g/mol. The fourth-order valence-electron chi connectivity index (χ4n) is 3.94. The average Bonchev–Trinajstić information content (AvgIpc) is 3.03. The Morgan fingerprint density at radius 3 is 2.14 bits per heavy atom. The molecule has 6 nitrogen and oxygen atoms in total. The standard InChI is InChI=1S/C28H29NO5.2C4H10/c1-2-3-19-4-12-24(13-5-19)33-18-27(30)29-17-25-14-10-23-16-22(11-15-26(23)34-25)20-6-8-21(9-7-20)28(31)32;2*1-3-4-2/h2-9,11-13,15-16,25,27,29-30H,10,14,17-18H2,1H3,(H,31,32);2*3-4H2,1-2H3/b3-2+;;. The van der Waals surface area contributed by atoms with Gasteiger partial charge in [-0.3, -0.25) is 5.32 Å².